The van der Waals surface area contributed by atoms with Crippen molar-refractivity contribution < 1.29 is 13.6 Å². The molecule has 0 spiro atoms. The van der Waals surface area contributed by atoms with Gasteiger partial charge in [0.1, 0.15) is 0 Å². The zero-order chi connectivity index (χ0) is 14.0. The second-order valence-corrected chi connectivity index (χ2v) is 4.67. The summed E-state index contributed by atoms with van der Waals surface area (Å²) >= 11 is 10.7. The Labute approximate surface area is 118 Å². The Balaban J connectivity index is 2.48. The lowest BCUT2D eigenvalue weighted by Crippen LogP contribution is -2.13. The van der Waals surface area contributed by atoms with Crippen LogP contribution in [0.15, 0.2) is 42.7 Å². The fourth-order valence-electron chi connectivity index (χ4n) is 1.58. The molecular weight excluding hydrogens is 295 g/mol. The zero-order valence-corrected chi connectivity index (χ0v) is 10.9. The minimum absolute atomic E-state index is 0.232. The smallest absolute Gasteiger partial charge is 0.289 e. The largest absolute Gasteiger partial charge is 0.349 e. The first-order valence-electron chi connectivity index (χ1n) is 5.21. The van der Waals surface area contributed by atoms with Gasteiger partial charge in [-0.1, -0.05) is 11.6 Å². The van der Waals surface area contributed by atoms with Crippen LogP contribution in [0.25, 0.3) is 0 Å². The van der Waals surface area contributed by atoms with Gasteiger partial charge in [0, 0.05) is 23.0 Å². The van der Waals surface area contributed by atoms with E-state index in [-0.39, 0.29) is 11.1 Å². The number of carbonyl (C=O) groups is 1. The van der Waals surface area contributed by atoms with Crippen molar-refractivity contribution in [3.8, 4) is 0 Å². The van der Waals surface area contributed by atoms with Crippen molar-refractivity contribution in [2.24, 2.45) is 0 Å². The number of benzene rings is 1. The van der Waals surface area contributed by atoms with E-state index in [9.17, 15) is 13.6 Å². The summed E-state index contributed by atoms with van der Waals surface area (Å²) in [6.07, 6.45) is 2.23. The van der Waals surface area contributed by atoms with Gasteiger partial charge in [0.2, 0.25) is 0 Å². The fourth-order valence-corrected chi connectivity index (χ4v) is 1.87. The van der Waals surface area contributed by atoms with Crippen LogP contribution in [0.3, 0.4) is 0 Å². The third-order valence-corrected chi connectivity index (χ3v) is 2.93. The Hall–Kier alpha value is -1.52. The Kier molecular flexibility index (Phi) is 3.83. The maximum absolute atomic E-state index is 13.2. The van der Waals surface area contributed by atoms with Crippen LogP contribution in [0.1, 0.15) is 21.5 Å². The molecule has 19 heavy (non-hydrogen) atoms. The normalized spacial score (nSPS) is 11.4. The van der Waals surface area contributed by atoms with Crippen LogP contribution in [0, 0.1) is 0 Å². The van der Waals surface area contributed by atoms with Crippen LogP contribution < -0.4 is 0 Å². The van der Waals surface area contributed by atoms with Gasteiger partial charge in [0.05, 0.1) is 11.1 Å². The van der Waals surface area contributed by atoms with Crippen molar-refractivity contribution >= 4 is 29.0 Å². The maximum Gasteiger partial charge on any atom is 0.349 e. The van der Waals surface area contributed by atoms with Gasteiger partial charge < -0.3 is 0 Å². The Bertz CT molecular complexity index is 609. The van der Waals surface area contributed by atoms with Gasteiger partial charge >= 0.3 is 5.38 Å². The van der Waals surface area contributed by atoms with E-state index in [1.165, 1.54) is 24.3 Å². The van der Waals surface area contributed by atoms with Crippen LogP contribution in [-0.2, 0) is 5.38 Å². The molecule has 2 rings (SSSR count). The number of hydrogen-bond donors (Lipinski definition) is 0. The lowest BCUT2D eigenvalue weighted by atomic mass is 10.0. The van der Waals surface area contributed by atoms with Crippen LogP contribution in [0.2, 0.25) is 5.02 Å². The van der Waals surface area contributed by atoms with E-state index < -0.39 is 16.7 Å². The molecule has 2 nitrogen and oxygen atoms in total. The SMILES string of the molecule is O=C(c1ccc(Cl)cc1)c1cnccc1C(F)(F)Cl. The van der Waals surface area contributed by atoms with Crippen LogP contribution >= 0.6 is 23.2 Å². The number of carbonyl (C=O) groups excluding carboxylic acids is 1. The van der Waals surface area contributed by atoms with E-state index in [2.05, 4.69) is 4.98 Å². The van der Waals surface area contributed by atoms with Gasteiger partial charge in [0.15, 0.2) is 5.78 Å². The van der Waals surface area contributed by atoms with Gasteiger partial charge in [-0.2, -0.15) is 8.78 Å². The van der Waals surface area contributed by atoms with Gasteiger partial charge in [-0.3, -0.25) is 9.78 Å². The van der Waals surface area contributed by atoms with Crippen molar-refractivity contribution in [2.75, 3.05) is 0 Å². The maximum atomic E-state index is 13.2. The van der Waals surface area contributed by atoms with Crippen molar-refractivity contribution in [2.45, 2.75) is 5.38 Å². The summed E-state index contributed by atoms with van der Waals surface area (Å²) in [6.45, 7) is 0. The minimum Gasteiger partial charge on any atom is -0.289 e. The summed E-state index contributed by atoms with van der Waals surface area (Å²) in [7, 11) is 0. The predicted molar refractivity (Wildman–Crippen MR) is 68.9 cm³/mol. The lowest BCUT2D eigenvalue weighted by molar-refractivity contribution is 0.0895. The first kappa shape index (κ1) is 13.9. The Morgan fingerprint density at radius 3 is 2.37 bits per heavy atom. The van der Waals surface area contributed by atoms with Gasteiger partial charge in [-0.05, 0) is 41.9 Å². The highest BCUT2D eigenvalue weighted by Gasteiger charge is 2.33. The average molecular weight is 302 g/mol. The van der Waals surface area contributed by atoms with Gasteiger partial charge in [-0.15, -0.1) is 0 Å². The number of aromatic nitrogens is 1. The molecule has 0 radical (unpaired) electrons. The molecule has 0 atom stereocenters. The van der Waals surface area contributed by atoms with Crippen LogP contribution in [0.4, 0.5) is 8.78 Å². The highest BCUT2D eigenvalue weighted by Crippen LogP contribution is 2.35. The van der Waals surface area contributed by atoms with E-state index in [1.54, 1.807) is 0 Å². The Morgan fingerprint density at radius 2 is 1.79 bits per heavy atom. The fraction of sp³-hybridized carbons (Fsp3) is 0.0769. The summed E-state index contributed by atoms with van der Waals surface area (Å²) in [4.78, 5) is 15.8. The number of nitrogens with zero attached hydrogens (tertiary/aromatic N) is 1. The second-order valence-electron chi connectivity index (χ2n) is 3.76. The second kappa shape index (κ2) is 5.23. The molecule has 0 saturated heterocycles. The van der Waals surface area contributed by atoms with E-state index in [0.717, 1.165) is 18.5 Å². The zero-order valence-electron chi connectivity index (χ0n) is 9.41. The molecule has 1 aromatic carbocycles. The van der Waals surface area contributed by atoms with Gasteiger partial charge in [-0.25, -0.2) is 0 Å². The molecule has 1 aromatic heterocycles. The molecule has 0 unspecified atom stereocenters. The number of ketones is 1. The molecule has 0 fully saturated rings. The lowest BCUT2D eigenvalue weighted by Gasteiger charge is -2.12. The summed E-state index contributed by atoms with van der Waals surface area (Å²) in [5.74, 6) is -0.583. The molecule has 0 saturated carbocycles. The average Bonchev–Trinajstić information content (AvgIpc) is 2.38. The van der Waals surface area contributed by atoms with E-state index in [0.29, 0.717) is 5.02 Å². The van der Waals surface area contributed by atoms with Crippen molar-refractivity contribution in [1.29, 1.82) is 0 Å². The third kappa shape index (κ3) is 3.08. The quantitative estimate of drug-likeness (QED) is 0.626. The van der Waals surface area contributed by atoms with E-state index >= 15 is 0 Å². The number of halogens is 4. The molecule has 2 aromatic rings. The van der Waals surface area contributed by atoms with Gasteiger partial charge in [0.25, 0.3) is 0 Å². The molecule has 6 heteroatoms. The minimum atomic E-state index is -3.62. The molecule has 0 aliphatic rings. The summed E-state index contributed by atoms with van der Waals surface area (Å²) in [5, 5.41) is -3.17. The summed E-state index contributed by atoms with van der Waals surface area (Å²) in [5.41, 5.74) is -0.562. The number of pyridine rings is 1. The van der Waals surface area contributed by atoms with Crippen LogP contribution in [0.5, 0.6) is 0 Å². The van der Waals surface area contributed by atoms with Crippen molar-refractivity contribution in [1.82, 2.24) is 4.98 Å². The molecule has 98 valence electrons. The summed E-state index contributed by atoms with van der Waals surface area (Å²) < 4.78 is 26.4. The van der Waals surface area contributed by atoms with Crippen molar-refractivity contribution in [3.05, 3.63) is 64.4 Å². The topological polar surface area (TPSA) is 30.0 Å². The number of hydrogen-bond acceptors (Lipinski definition) is 2. The predicted octanol–water partition coefficient (Wildman–Crippen LogP) is 4.25. The number of rotatable bonds is 3. The van der Waals surface area contributed by atoms with E-state index in [1.807, 2.05) is 0 Å². The molecular formula is C13H7Cl2F2NO. The molecule has 0 N–H and O–H groups in total. The standard InChI is InChI=1S/C13H7Cl2F2NO/c14-9-3-1-8(2-4-9)12(19)10-7-18-6-5-11(10)13(15,16)17/h1-7H. The van der Waals surface area contributed by atoms with E-state index in [4.69, 9.17) is 23.2 Å². The number of alkyl halides is 3. The summed E-state index contributed by atoms with van der Waals surface area (Å²) in [6, 6.07) is 6.94. The third-order valence-electron chi connectivity index (χ3n) is 2.48. The first-order chi connectivity index (χ1) is 8.89. The molecule has 0 amide bonds. The molecule has 0 aliphatic carbocycles. The van der Waals surface area contributed by atoms with Crippen molar-refractivity contribution in [3.63, 3.8) is 0 Å². The first-order valence-corrected chi connectivity index (χ1v) is 5.96. The van der Waals surface area contributed by atoms with Crippen LogP contribution in [-0.4, -0.2) is 10.8 Å². The molecule has 0 aliphatic heterocycles. The highest BCUT2D eigenvalue weighted by molar-refractivity contribution is 6.30. The Morgan fingerprint density at radius 1 is 1.16 bits per heavy atom. The molecule has 0 bridgehead atoms. The molecule has 1 heterocycles. The highest BCUT2D eigenvalue weighted by atomic mass is 35.5. The monoisotopic (exact) mass is 301 g/mol.